The molecule has 0 saturated heterocycles. The lowest BCUT2D eigenvalue weighted by Crippen LogP contribution is -2.40. The monoisotopic (exact) mass is 302 g/mol. The molecule has 1 aromatic heterocycles. The number of benzene rings is 1. The van der Waals surface area contributed by atoms with Gasteiger partial charge in [0.1, 0.15) is 0 Å². The van der Waals surface area contributed by atoms with Crippen LogP contribution in [0.25, 0.3) is 0 Å². The average Bonchev–Trinajstić information content (AvgIpc) is 2.45. The van der Waals surface area contributed by atoms with Gasteiger partial charge in [-0.3, -0.25) is 4.98 Å². The average molecular weight is 302 g/mol. The van der Waals surface area contributed by atoms with Crippen LogP contribution >= 0.6 is 0 Å². The van der Waals surface area contributed by atoms with Gasteiger partial charge in [-0.15, -0.1) is 0 Å². The first kappa shape index (κ1) is 14.2. The zero-order valence-corrected chi connectivity index (χ0v) is 13.0. The minimum absolute atomic E-state index is 0.280. The van der Waals surface area contributed by atoms with E-state index in [4.69, 9.17) is 0 Å². The second kappa shape index (κ2) is 5.24. The number of hydrogen-bond acceptors (Lipinski definition) is 3. The van der Waals surface area contributed by atoms with E-state index < -0.39 is 10.0 Å². The first-order chi connectivity index (χ1) is 9.97. The fraction of sp³-hybridized carbons (Fsp3) is 0.312. The van der Waals surface area contributed by atoms with Crippen molar-refractivity contribution in [3.05, 3.63) is 65.0 Å². The standard InChI is InChI=1S/C16H18N2O2S/c1-12-5-6-15-13(10-12)7-9-18(21(2,19)20)16(15)14-4-3-8-17-11-14/h3-6,8,10-11,16H,7,9H2,1-2H3. The molecule has 0 N–H and O–H groups in total. The third kappa shape index (κ3) is 2.71. The molecule has 0 saturated carbocycles. The Hall–Kier alpha value is -1.72. The van der Waals surface area contributed by atoms with Gasteiger partial charge in [0.05, 0.1) is 12.3 Å². The molecule has 1 atom stereocenters. The van der Waals surface area contributed by atoms with Gasteiger partial charge < -0.3 is 0 Å². The lowest BCUT2D eigenvalue weighted by Gasteiger charge is -2.35. The summed E-state index contributed by atoms with van der Waals surface area (Å²) in [6.45, 7) is 2.57. The Morgan fingerprint density at radius 1 is 1.29 bits per heavy atom. The van der Waals surface area contributed by atoms with E-state index >= 15 is 0 Å². The number of sulfonamides is 1. The Balaban J connectivity index is 2.18. The summed E-state index contributed by atoms with van der Waals surface area (Å²) < 4.78 is 25.9. The zero-order chi connectivity index (χ0) is 15.0. The maximum atomic E-state index is 12.2. The van der Waals surface area contributed by atoms with E-state index in [9.17, 15) is 8.42 Å². The first-order valence-corrected chi connectivity index (χ1v) is 8.78. The molecule has 110 valence electrons. The molecule has 1 aliphatic heterocycles. The van der Waals surface area contributed by atoms with Crippen LogP contribution in [-0.4, -0.2) is 30.5 Å². The summed E-state index contributed by atoms with van der Waals surface area (Å²) in [6.07, 6.45) is 5.47. The molecular weight excluding hydrogens is 284 g/mol. The van der Waals surface area contributed by atoms with Crippen molar-refractivity contribution < 1.29 is 8.42 Å². The number of pyridine rings is 1. The number of hydrogen-bond donors (Lipinski definition) is 0. The van der Waals surface area contributed by atoms with E-state index in [1.807, 2.05) is 24.3 Å². The molecule has 5 heteroatoms. The summed E-state index contributed by atoms with van der Waals surface area (Å²) in [5, 5.41) is 0. The normalized spacial score (nSPS) is 19.2. The van der Waals surface area contributed by atoms with E-state index in [0.717, 1.165) is 17.5 Å². The summed E-state index contributed by atoms with van der Waals surface area (Å²) in [7, 11) is -3.27. The van der Waals surface area contributed by atoms with Gasteiger partial charge in [0, 0.05) is 18.9 Å². The molecular formula is C16H18N2O2S. The summed E-state index contributed by atoms with van der Waals surface area (Å²) in [5.74, 6) is 0. The van der Waals surface area contributed by atoms with E-state index in [2.05, 4.69) is 18.0 Å². The third-order valence-electron chi connectivity index (χ3n) is 3.91. The summed E-state index contributed by atoms with van der Waals surface area (Å²) >= 11 is 0. The van der Waals surface area contributed by atoms with Gasteiger partial charge in [-0.25, -0.2) is 8.42 Å². The van der Waals surface area contributed by atoms with Crippen molar-refractivity contribution in [2.24, 2.45) is 0 Å². The van der Waals surface area contributed by atoms with Crippen LogP contribution in [0, 0.1) is 6.92 Å². The van der Waals surface area contributed by atoms with Crippen LogP contribution < -0.4 is 0 Å². The van der Waals surface area contributed by atoms with Gasteiger partial charge in [0.2, 0.25) is 10.0 Å². The third-order valence-corrected chi connectivity index (χ3v) is 5.15. The fourth-order valence-electron chi connectivity index (χ4n) is 2.97. The number of aryl methyl sites for hydroxylation is 1. The second-order valence-electron chi connectivity index (χ2n) is 5.51. The molecule has 2 heterocycles. The molecule has 0 amide bonds. The van der Waals surface area contributed by atoms with Crippen LogP contribution in [0.4, 0.5) is 0 Å². The molecule has 1 aromatic carbocycles. The van der Waals surface area contributed by atoms with Gasteiger partial charge in [-0.05, 0) is 36.1 Å². The minimum Gasteiger partial charge on any atom is -0.264 e. The smallest absolute Gasteiger partial charge is 0.212 e. The molecule has 1 aliphatic rings. The maximum absolute atomic E-state index is 12.2. The predicted octanol–water partition coefficient (Wildman–Crippen LogP) is 2.30. The van der Waals surface area contributed by atoms with E-state index in [0.29, 0.717) is 6.54 Å². The van der Waals surface area contributed by atoms with Crippen molar-refractivity contribution in [2.75, 3.05) is 12.8 Å². The first-order valence-electron chi connectivity index (χ1n) is 6.93. The number of fused-ring (bicyclic) bond motifs is 1. The van der Waals surface area contributed by atoms with Gasteiger partial charge in [-0.2, -0.15) is 4.31 Å². The number of aromatic nitrogens is 1. The largest absolute Gasteiger partial charge is 0.264 e. The van der Waals surface area contributed by atoms with Crippen molar-refractivity contribution in [3.8, 4) is 0 Å². The SMILES string of the molecule is Cc1ccc2c(c1)CCN(S(C)(=O)=O)C2c1cccnc1. The Morgan fingerprint density at radius 3 is 2.76 bits per heavy atom. The predicted molar refractivity (Wildman–Crippen MR) is 82.5 cm³/mol. The number of rotatable bonds is 2. The molecule has 0 fully saturated rings. The van der Waals surface area contributed by atoms with Crippen LogP contribution in [0.1, 0.15) is 28.3 Å². The van der Waals surface area contributed by atoms with Crippen LogP contribution in [0.3, 0.4) is 0 Å². The second-order valence-corrected chi connectivity index (χ2v) is 7.45. The quantitative estimate of drug-likeness (QED) is 0.855. The lowest BCUT2D eigenvalue weighted by molar-refractivity contribution is 0.346. The Bertz CT molecular complexity index is 757. The maximum Gasteiger partial charge on any atom is 0.212 e. The van der Waals surface area contributed by atoms with Crippen molar-refractivity contribution in [1.82, 2.24) is 9.29 Å². The van der Waals surface area contributed by atoms with Crippen LogP contribution in [0.15, 0.2) is 42.7 Å². The topological polar surface area (TPSA) is 50.3 Å². The van der Waals surface area contributed by atoms with E-state index in [1.165, 1.54) is 17.4 Å². The van der Waals surface area contributed by atoms with E-state index in [-0.39, 0.29) is 6.04 Å². The Labute approximate surface area is 125 Å². The molecule has 0 bridgehead atoms. The van der Waals surface area contributed by atoms with Gasteiger partial charge in [-0.1, -0.05) is 29.8 Å². The Kier molecular flexibility index (Phi) is 3.55. The lowest BCUT2D eigenvalue weighted by atomic mass is 9.89. The Morgan fingerprint density at radius 2 is 2.10 bits per heavy atom. The van der Waals surface area contributed by atoms with Crippen LogP contribution in [-0.2, 0) is 16.4 Å². The van der Waals surface area contributed by atoms with E-state index in [1.54, 1.807) is 16.7 Å². The minimum atomic E-state index is -3.27. The van der Waals surface area contributed by atoms with Crippen molar-refractivity contribution in [3.63, 3.8) is 0 Å². The molecule has 3 rings (SSSR count). The summed E-state index contributed by atoms with van der Waals surface area (Å²) in [4.78, 5) is 4.15. The van der Waals surface area contributed by atoms with Crippen molar-refractivity contribution in [1.29, 1.82) is 0 Å². The molecule has 2 aromatic rings. The summed E-state index contributed by atoms with van der Waals surface area (Å²) in [6, 6.07) is 9.73. The zero-order valence-electron chi connectivity index (χ0n) is 12.2. The number of nitrogens with zero attached hydrogens (tertiary/aromatic N) is 2. The molecule has 4 nitrogen and oxygen atoms in total. The highest BCUT2D eigenvalue weighted by atomic mass is 32.2. The molecule has 0 spiro atoms. The van der Waals surface area contributed by atoms with Gasteiger partial charge in [0.15, 0.2) is 0 Å². The summed E-state index contributed by atoms with van der Waals surface area (Å²) in [5.41, 5.74) is 4.40. The molecule has 0 aliphatic carbocycles. The van der Waals surface area contributed by atoms with Gasteiger partial charge in [0.25, 0.3) is 0 Å². The highest BCUT2D eigenvalue weighted by Gasteiger charge is 2.34. The molecule has 1 unspecified atom stereocenters. The van der Waals surface area contributed by atoms with Crippen LogP contribution in [0.5, 0.6) is 0 Å². The highest BCUT2D eigenvalue weighted by Crippen LogP contribution is 2.36. The van der Waals surface area contributed by atoms with Crippen molar-refractivity contribution >= 4 is 10.0 Å². The molecule has 21 heavy (non-hydrogen) atoms. The fourth-order valence-corrected chi connectivity index (χ4v) is 4.01. The van der Waals surface area contributed by atoms with Crippen LogP contribution in [0.2, 0.25) is 0 Å². The van der Waals surface area contributed by atoms with Crippen molar-refractivity contribution in [2.45, 2.75) is 19.4 Å². The van der Waals surface area contributed by atoms with Gasteiger partial charge >= 0.3 is 0 Å². The highest BCUT2D eigenvalue weighted by molar-refractivity contribution is 7.88. The molecule has 0 radical (unpaired) electrons.